The molecule has 31 heavy (non-hydrogen) atoms. The molecular weight excluding hydrogens is 412 g/mol. The number of aromatic nitrogens is 2. The third-order valence-electron chi connectivity index (χ3n) is 5.00. The second-order valence-electron chi connectivity index (χ2n) is 7.91. The quantitative estimate of drug-likeness (QED) is 0.467. The van der Waals surface area contributed by atoms with E-state index in [9.17, 15) is 9.59 Å². The molecule has 0 saturated heterocycles. The number of hydrogen-bond donors (Lipinski definition) is 2. The molecule has 0 aliphatic carbocycles. The van der Waals surface area contributed by atoms with Crippen molar-refractivity contribution in [2.75, 3.05) is 12.4 Å². The molecule has 1 aliphatic heterocycles. The highest BCUT2D eigenvalue weighted by Gasteiger charge is 2.28. The predicted molar refractivity (Wildman–Crippen MR) is 121 cm³/mol. The number of ketones is 1. The zero-order chi connectivity index (χ0) is 22.0. The van der Waals surface area contributed by atoms with Crippen LogP contribution in [-0.4, -0.2) is 34.5 Å². The van der Waals surface area contributed by atoms with Crippen LogP contribution in [0.15, 0.2) is 54.1 Å². The molecule has 0 saturated carbocycles. The second-order valence-corrected chi connectivity index (χ2v) is 8.74. The molecule has 0 spiro atoms. The topological polar surface area (TPSA) is 93.2 Å². The number of rotatable bonds is 5. The minimum absolute atomic E-state index is 0.148. The molecule has 2 N–H and O–H groups in total. The first-order valence-corrected chi connectivity index (χ1v) is 10.6. The number of carbonyl (C=O) groups is 2. The predicted octanol–water partition coefficient (Wildman–Crippen LogP) is 3.95. The van der Waals surface area contributed by atoms with Crippen molar-refractivity contribution >= 4 is 33.9 Å². The standard InChI is InChI=1S/C23H22N4O3S/c1-23(2)12-16-8-9-17(30-3)10-18(16)19(26-23)11-20(28)14-4-6-15(7-5-14)21(29)25-22-27-24-13-31-22/h4-11,13,26H,12H2,1-3H3,(H,25,27,29). The fourth-order valence-electron chi connectivity index (χ4n) is 3.55. The molecule has 3 aromatic rings. The maximum Gasteiger partial charge on any atom is 0.257 e. The number of methoxy groups -OCH3 is 1. The minimum atomic E-state index is -0.300. The van der Waals surface area contributed by atoms with E-state index in [1.54, 1.807) is 43.0 Å². The van der Waals surface area contributed by atoms with Gasteiger partial charge >= 0.3 is 0 Å². The van der Waals surface area contributed by atoms with Gasteiger partial charge in [0.25, 0.3) is 5.91 Å². The van der Waals surface area contributed by atoms with E-state index < -0.39 is 0 Å². The molecule has 2 aromatic carbocycles. The highest BCUT2D eigenvalue weighted by atomic mass is 32.1. The summed E-state index contributed by atoms with van der Waals surface area (Å²) in [7, 11) is 1.62. The molecule has 0 atom stereocenters. The lowest BCUT2D eigenvalue weighted by Gasteiger charge is -2.35. The first kappa shape index (κ1) is 20.7. The van der Waals surface area contributed by atoms with Crippen molar-refractivity contribution in [2.45, 2.75) is 25.8 Å². The minimum Gasteiger partial charge on any atom is -0.497 e. The van der Waals surface area contributed by atoms with E-state index in [1.165, 1.54) is 11.3 Å². The van der Waals surface area contributed by atoms with Gasteiger partial charge in [0.15, 0.2) is 5.78 Å². The van der Waals surface area contributed by atoms with Crippen LogP contribution in [0.5, 0.6) is 5.75 Å². The lowest BCUT2D eigenvalue weighted by molar-refractivity contribution is 0.102. The van der Waals surface area contributed by atoms with Gasteiger partial charge in [0.2, 0.25) is 5.13 Å². The number of carbonyl (C=O) groups excluding carboxylic acids is 2. The van der Waals surface area contributed by atoms with Crippen LogP contribution >= 0.6 is 11.3 Å². The number of benzene rings is 2. The molecule has 1 amide bonds. The average Bonchev–Trinajstić information content (AvgIpc) is 3.26. The molecule has 0 radical (unpaired) electrons. The Morgan fingerprint density at radius 1 is 1.16 bits per heavy atom. The van der Waals surface area contributed by atoms with Crippen molar-refractivity contribution < 1.29 is 14.3 Å². The van der Waals surface area contributed by atoms with Crippen LogP contribution in [0.25, 0.3) is 5.70 Å². The third-order valence-corrected chi connectivity index (χ3v) is 5.61. The van der Waals surface area contributed by atoms with E-state index in [1.807, 2.05) is 18.2 Å². The number of nitrogens with one attached hydrogen (secondary N) is 2. The van der Waals surface area contributed by atoms with E-state index in [0.29, 0.717) is 16.3 Å². The molecule has 0 unspecified atom stereocenters. The van der Waals surface area contributed by atoms with Crippen molar-refractivity contribution in [1.29, 1.82) is 0 Å². The van der Waals surface area contributed by atoms with Gasteiger partial charge in [-0.1, -0.05) is 29.5 Å². The first-order valence-electron chi connectivity index (χ1n) is 9.74. The van der Waals surface area contributed by atoms with Gasteiger partial charge in [-0.3, -0.25) is 14.9 Å². The number of fused-ring (bicyclic) bond motifs is 1. The van der Waals surface area contributed by atoms with Gasteiger partial charge in [-0.05, 0) is 50.1 Å². The number of allylic oxidation sites excluding steroid dienone is 1. The monoisotopic (exact) mass is 434 g/mol. The molecular formula is C23H22N4O3S. The number of anilines is 1. The van der Waals surface area contributed by atoms with Crippen molar-refractivity contribution in [1.82, 2.24) is 15.5 Å². The Balaban J connectivity index is 1.58. The smallest absolute Gasteiger partial charge is 0.257 e. The Kier molecular flexibility index (Phi) is 5.56. The molecule has 7 nitrogen and oxygen atoms in total. The normalized spacial score (nSPS) is 15.6. The summed E-state index contributed by atoms with van der Waals surface area (Å²) in [5, 5.41) is 14.0. The average molecular weight is 435 g/mol. The summed E-state index contributed by atoms with van der Waals surface area (Å²) in [5.74, 6) is 0.292. The van der Waals surface area contributed by atoms with Crippen molar-refractivity contribution in [3.63, 3.8) is 0 Å². The molecule has 1 aromatic heterocycles. The zero-order valence-electron chi connectivity index (χ0n) is 17.4. The molecule has 4 rings (SSSR count). The van der Waals surface area contributed by atoms with E-state index in [4.69, 9.17) is 4.74 Å². The lowest BCUT2D eigenvalue weighted by atomic mass is 9.85. The third kappa shape index (κ3) is 4.64. The highest BCUT2D eigenvalue weighted by molar-refractivity contribution is 7.13. The van der Waals surface area contributed by atoms with Crippen LogP contribution in [0.1, 0.15) is 45.7 Å². The van der Waals surface area contributed by atoms with Gasteiger partial charge in [0.1, 0.15) is 11.3 Å². The molecule has 0 bridgehead atoms. The lowest BCUT2D eigenvalue weighted by Crippen LogP contribution is -2.43. The van der Waals surface area contributed by atoms with Gasteiger partial charge in [0.05, 0.1) is 7.11 Å². The van der Waals surface area contributed by atoms with Crippen molar-refractivity contribution in [2.24, 2.45) is 0 Å². The van der Waals surface area contributed by atoms with Crippen LogP contribution in [0.3, 0.4) is 0 Å². The molecule has 8 heteroatoms. The van der Waals surface area contributed by atoms with Gasteiger partial charge in [-0.15, -0.1) is 10.2 Å². The Morgan fingerprint density at radius 3 is 2.58 bits per heavy atom. The molecule has 2 heterocycles. The largest absolute Gasteiger partial charge is 0.497 e. The summed E-state index contributed by atoms with van der Waals surface area (Å²) in [6.45, 7) is 4.20. The zero-order valence-corrected chi connectivity index (χ0v) is 18.2. The summed E-state index contributed by atoms with van der Waals surface area (Å²) in [5.41, 5.74) is 5.17. The van der Waals surface area contributed by atoms with Gasteiger partial charge in [-0.2, -0.15) is 0 Å². The number of ether oxygens (including phenoxy) is 1. The van der Waals surface area contributed by atoms with Crippen LogP contribution in [0, 0.1) is 0 Å². The van der Waals surface area contributed by atoms with Crippen LogP contribution in [-0.2, 0) is 6.42 Å². The summed E-state index contributed by atoms with van der Waals surface area (Å²) < 4.78 is 5.36. The number of amides is 1. The second kappa shape index (κ2) is 8.31. The number of hydrogen-bond acceptors (Lipinski definition) is 7. The van der Waals surface area contributed by atoms with Crippen LogP contribution < -0.4 is 15.4 Å². The highest BCUT2D eigenvalue weighted by Crippen LogP contribution is 2.32. The van der Waals surface area contributed by atoms with E-state index in [2.05, 4.69) is 34.7 Å². The summed E-state index contributed by atoms with van der Waals surface area (Å²) in [6, 6.07) is 12.5. The van der Waals surface area contributed by atoms with Gasteiger partial charge < -0.3 is 10.1 Å². The Bertz CT molecular complexity index is 1150. The molecule has 1 aliphatic rings. The van der Waals surface area contributed by atoms with E-state index in [0.717, 1.165) is 29.0 Å². The number of nitrogens with zero attached hydrogens (tertiary/aromatic N) is 2. The summed E-state index contributed by atoms with van der Waals surface area (Å²) in [6.07, 6.45) is 2.45. The maximum absolute atomic E-state index is 13.0. The summed E-state index contributed by atoms with van der Waals surface area (Å²) in [4.78, 5) is 25.2. The van der Waals surface area contributed by atoms with Gasteiger partial charge in [-0.25, -0.2) is 0 Å². The SMILES string of the molecule is COc1ccc2c(c1)C(=CC(=O)c1ccc(C(=O)Nc3nncs3)cc1)NC(C)(C)C2. The van der Waals surface area contributed by atoms with Crippen molar-refractivity contribution in [3.8, 4) is 5.75 Å². The Morgan fingerprint density at radius 2 is 1.90 bits per heavy atom. The molecule has 158 valence electrons. The fourth-order valence-corrected chi connectivity index (χ4v) is 3.99. The Hall–Kier alpha value is -3.52. The first-order chi connectivity index (χ1) is 14.8. The van der Waals surface area contributed by atoms with Crippen molar-refractivity contribution in [3.05, 3.63) is 76.3 Å². The van der Waals surface area contributed by atoms with E-state index >= 15 is 0 Å². The maximum atomic E-state index is 13.0. The fraction of sp³-hybridized carbons (Fsp3) is 0.217. The van der Waals surface area contributed by atoms with Gasteiger partial charge in [0, 0.05) is 34.0 Å². The van der Waals surface area contributed by atoms with Crippen LogP contribution in [0.4, 0.5) is 5.13 Å². The van der Waals surface area contributed by atoms with Crippen LogP contribution in [0.2, 0.25) is 0 Å². The molecule has 0 fully saturated rings. The summed E-state index contributed by atoms with van der Waals surface area (Å²) >= 11 is 1.24. The Labute approximate surface area is 184 Å². The van der Waals surface area contributed by atoms with E-state index in [-0.39, 0.29) is 17.2 Å².